The minimum absolute atomic E-state index is 0.0526. The Balaban J connectivity index is 2.63. The molecule has 0 saturated heterocycles. The number of hydrogen-bond acceptors (Lipinski definition) is 2. The van der Waals surface area contributed by atoms with Crippen LogP contribution in [0.1, 0.15) is 47.0 Å². The fraction of sp³-hybridized carbons (Fsp3) is 0.917. The highest BCUT2D eigenvalue weighted by molar-refractivity contribution is 7.81. The van der Waals surface area contributed by atoms with E-state index in [2.05, 4.69) is 45.6 Å². The highest BCUT2D eigenvalue weighted by Gasteiger charge is 2.38. The van der Waals surface area contributed by atoms with Crippen molar-refractivity contribution in [3.8, 4) is 0 Å². The third-order valence-corrected chi connectivity index (χ3v) is 3.35. The van der Waals surface area contributed by atoms with Gasteiger partial charge in [-0.3, -0.25) is 4.79 Å². The summed E-state index contributed by atoms with van der Waals surface area (Å²) in [6.07, 6.45) is 3.39. The summed E-state index contributed by atoms with van der Waals surface area (Å²) in [5, 5.41) is 3.06. The lowest BCUT2D eigenvalue weighted by molar-refractivity contribution is -0.120. The van der Waals surface area contributed by atoms with E-state index in [0.717, 1.165) is 12.8 Å². The van der Waals surface area contributed by atoms with E-state index >= 15 is 0 Å². The molecule has 88 valence electrons. The normalized spacial score (nSPS) is 24.9. The first-order chi connectivity index (χ1) is 6.74. The molecule has 0 spiro atoms. The molecule has 1 fully saturated rings. The molecule has 0 bridgehead atoms. The van der Waals surface area contributed by atoms with E-state index in [1.807, 2.05) is 0 Å². The van der Waals surface area contributed by atoms with Gasteiger partial charge in [0.05, 0.1) is 5.75 Å². The summed E-state index contributed by atoms with van der Waals surface area (Å²) in [6, 6.07) is 0.323. The van der Waals surface area contributed by atoms with Gasteiger partial charge in [0.2, 0.25) is 5.91 Å². The lowest BCUT2D eigenvalue weighted by atomic mass is 9.63. The summed E-state index contributed by atoms with van der Waals surface area (Å²) in [5.41, 5.74) is 0.659. The molecule has 0 radical (unpaired) electrons. The molecule has 1 aliphatic rings. The first-order valence-electron chi connectivity index (χ1n) is 5.64. The van der Waals surface area contributed by atoms with Crippen LogP contribution in [0.3, 0.4) is 0 Å². The molecule has 0 aromatic carbocycles. The van der Waals surface area contributed by atoms with E-state index in [9.17, 15) is 4.79 Å². The van der Waals surface area contributed by atoms with Gasteiger partial charge in [-0.05, 0) is 30.1 Å². The van der Waals surface area contributed by atoms with Crippen molar-refractivity contribution < 1.29 is 4.79 Å². The second kappa shape index (κ2) is 4.36. The van der Waals surface area contributed by atoms with Crippen molar-refractivity contribution in [2.24, 2.45) is 10.8 Å². The van der Waals surface area contributed by atoms with Crippen LogP contribution in [-0.4, -0.2) is 17.7 Å². The van der Waals surface area contributed by atoms with Gasteiger partial charge >= 0.3 is 0 Å². The Labute approximate surface area is 98.6 Å². The standard InChI is InChI=1S/C12H23NOS/c1-11(2)5-9(13-10(14)7-15)6-12(3,4)8-11/h9,15H,5-8H2,1-4H3,(H,13,14). The first-order valence-corrected chi connectivity index (χ1v) is 6.28. The molecule has 1 saturated carbocycles. The number of rotatable bonds is 2. The molecule has 0 aromatic heterocycles. The number of amides is 1. The van der Waals surface area contributed by atoms with Crippen LogP contribution in [0.4, 0.5) is 0 Å². The molecular formula is C12H23NOS. The summed E-state index contributed by atoms with van der Waals surface area (Å²) in [7, 11) is 0. The molecule has 0 atom stereocenters. The minimum atomic E-state index is 0.0526. The largest absolute Gasteiger partial charge is 0.353 e. The van der Waals surface area contributed by atoms with Crippen LogP contribution in [0.5, 0.6) is 0 Å². The number of carbonyl (C=O) groups is 1. The van der Waals surface area contributed by atoms with Crippen LogP contribution in [-0.2, 0) is 4.79 Å². The van der Waals surface area contributed by atoms with Crippen LogP contribution in [0.2, 0.25) is 0 Å². The predicted molar refractivity (Wildman–Crippen MR) is 67.2 cm³/mol. The maximum Gasteiger partial charge on any atom is 0.229 e. The van der Waals surface area contributed by atoms with Gasteiger partial charge in [-0.1, -0.05) is 27.7 Å². The molecule has 0 aromatic rings. The topological polar surface area (TPSA) is 29.1 Å². The van der Waals surface area contributed by atoms with Crippen LogP contribution in [0.15, 0.2) is 0 Å². The zero-order chi connectivity index (χ0) is 11.7. The molecular weight excluding hydrogens is 206 g/mol. The lowest BCUT2D eigenvalue weighted by Gasteiger charge is -2.45. The second-order valence-electron chi connectivity index (χ2n) is 6.34. The Kier molecular flexibility index (Phi) is 3.75. The van der Waals surface area contributed by atoms with Crippen LogP contribution in [0, 0.1) is 10.8 Å². The van der Waals surface area contributed by atoms with E-state index in [-0.39, 0.29) is 11.7 Å². The zero-order valence-corrected chi connectivity index (χ0v) is 11.2. The molecule has 1 N–H and O–H groups in total. The molecule has 2 nitrogen and oxygen atoms in total. The van der Waals surface area contributed by atoms with Gasteiger partial charge in [0.1, 0.15) is 0 Å². The molecule has 0 heterocycles. The van der Waals surface area contributed by atoms with Gasteiger partial charge in [0, 0.05) is 6.04 Å². The van der Waals surface area contributed by atoms with E-state index < -0.39 is 0 Å². The van der Waals surface area contributed by atoms with Crippen molar-refractivity contribution >= 4 is 18.5 Å². The summed E-state index contributed by atoms with van der Waals surface area (Å²) in [4.78, 5) is 11.3. The summed E-state index contributed by atoms with van der Waals surface area (Å²) < 4.78 is 0. The van der Waals surface area contributed by atoms with Crippen molar-refractivity contribution in [1.82, 2.24) is 5.32 Å². The van der Waals surface area contributed by atoms with Crippen LogP contribution >= 0.6 is 12.6 Å². The molecule has 1 amide bonds. The summed E-state index contributed by atoms with van der Waals surface area (Å²) >= 11 is 3.99. The Bertz CT molecular complexity index is 232. The van der Waals surface area contributed by atoms with Gasteiger partial charge in [-0.25, -0.2) is 0 Å². The average Bonchev–Trinajstić information content (AvgIpc) is 1.97. The molecule has 0 aliphatic heterocycles. The summed E-state index contributed by atoms with van der Waals surface area (Å²) in [6.45, 7) is 9.14. The van der Waals surface area contributed by atoms with Gasteiger partial charge in [-0.2, -0.15) is 12.6 Å². The van der Waals surface area contributed by atoms with Gasteiger partial charge in [0.15, 0.2) is 0 Å². The van der Waals surface area contributed by atoms with E-state index in [1.54, 1.807) is 0 Å². The zero-order valence-electron chi connectivity index (χ0n) is 10.3. The maximum atomic E-state index is 11.3. The average molecular weight is 229 g/mol. The van der Waals surface area contributed by atoms with Crippen LogP contribution < -0.4 is 5.32 Å². The molecule has 1 aliphatic carbocycles. The Morgan fingerprint density at radius 2 is 1.73 bits per heavy atom. The SMILES string of the molecule is CC1(C)CC(NC(=O)CS)CC(C)(C)C1. The quantitative estimate of drug-likeness (QED) is 0.700. The Morgan fingerprint density at radius 3 is 2.13 bits per heavy atom. The third kappa shape index (κ3) is 4.06. The van der Waals surface area contributed by atoms with E-state index in [4.69, 9.17) is 0 Å². The number of carbonyl (C=O) groups excluding carboxylic acids is 1. The van der Waals surface area contributed by atoms with E-state index in [0.29, 0.717) is 16.9 Å². The highest BCUT2D eigenvalue weighted by atomic mass is 32.1. The minimum Gasteiger partial charge on any atom is -0.353 e. The van der Waals surface area contributed by atoms with Gasteiger partial charge in [-0.15, -0.1) is 0 Å². The number of nitrogens with one attached hydrogen (secondary N) is 1. The number of thiol groups is 1. The highest BCUT2D eigenvalue weighted by Crippen LogP contribution is 2.45. The smallest absolute Gasteiger partial charge is 0.229 e. The predicted octanol–water partition coefficient (Wildman–Crippen LogP) is 2.64. The van der Waals surface area contributed by atoms with Crippen LogP contribution in [0.25, 0.3) is 0 Å². The fourth-order valence-corrected chi connectivity index (χ4v) is 3.31. The van der Waals surface area contributed by atoms with Crippen molar-refractivity contribution in [3.63, 3.8) is 0 Å². The third-order valence-electron chi connectivity index (χ3n) is 3.06. The maximum absolute atomic E-state index is 11.3. The van der Waals surface area contributed by atoms with E-state index in [1.165, 1.54) is 6.42 Å². The fourth-order valence-electron chi connectivity index (χ4n) is 3.22. The van der Waals surface area contributed by atoms with Crippen molar-refractivity contribution in [3.05, 3.63) is 0 Å². The molecule has 0 unspecified atom stereocenters. The monoisotopic (exact) mass is 229 g/mol. The van der Waals surface area contributed by atoms with Gasteiger partial charge in [0.25, 0.3) is 0 Å². The lowest BCUT2D eigenvalue weighted by Crippen LogP contribution is -2.46. The second-order valence-corrected chi connectivity index (χ2v) is 6.65. The van der Waals surface area contributed by atoms with Crippen molar-refractivity contribution in [1.29, 1.82) is 0 Å². The van der Waals surface area contributed by atoms with Gasteiger partial charge < -0.3 is 5.32 Å². The molecule has 15 heavy (non-hydrogen) atoms. The summed E-state index contributed by atoms with van der Waals surface area (Å²) in [5.74, 6) is 0.342. The first kappa shape index (κ1) is 12.9. The van der Waals surface area contributed by atoms with Crippen molar-refractivity contribution in [2.75, 3.05) is 5.75 Å². The molecule has 1 rings (SSSR count). The Morgan fingerprint density at radius 1 is 1.27 bits per heavy atom. The number of hydrogen-bond donors (Lipinski definition) is 2. The van der Waals surface area contributed by atoms with Crippen molar-refractivity contribution in [2.45, 2.75) is 53.0 Å². The Hall–Kier alpha value is -0.180. The molecule has 3 heteroatoms.